The van der Waals surface area contributed by atoms with Gasteiger partial charge in [0.1, 0.15) is 4.21 Å². The number of rotatable bonds is 5. The molecule has 0 amide bonds. The molecule has 0 aliphatic heterocycles. The van der Waals surface area contributed by atoms with Crippen molar-refractivity contribution in [2.45, 2.75) is 11.1 Å². The molecule has 0 radical (unpaired) electrons. The van der Waals surface area contributed by atoms with Crippen molar-refractivity contribution in [2.24, 2.45) is 0 Å². The first-order valence-corrected chi connectivity index (χ1v) is 8.71. The normalized spacial score (nSPS) is 11.1. The van der Waals surface area contributed by atoms with Gasteiger partial charge in [-0.25, -0.2) is 13.2 Å². The molecule has 0 unspecified atom stereocenters. The summed E-state index contributed by atoms with van der Waals surface area (Å²) in [7, 11) is -3.64. The number of hydrogen-bond donors (Lipinski definition) is 1. The lowest BCUT2D eigenvalue weighted by atomic mass is 10.2. The number of carbonyl (C=O) groups excluding carboxylic acids is 1. The number of esters is 1. The molecule has 0 spiro atoms. The molecule has 0 bridgehead atoms. The number of hydrogen-bond acceptors (Lipinski definition) is 5. The van der Waals surface area contributed by atoms with Crippen LogP contribution in [0.25, 0.3) is 0 Å². The van der Waals surface area contributed by atoms with E-state index in [4.69, 9.17) is 16.3 Å². The van der Waals surface area contributed by atoms with Crippen molar-refractivity contribution in [2.75, 3.05) is 11.3 Å². The number of ether oxygens (including phenoxy) is 1. The van der Waals surface area contributed by atoms with Gasteiger partial charge in [0.25, 0.3) is 10.0 Å². The van der Waals surface area contributed by atoms with Gasteiger partial charge in [-0.15, -0.1) is 11.3 Å². The summed E-state index contributed by atoms with van der Waals surface area (Å²) < 4.78 is 31.6. The van der Waals surface area contributed by atoms with E-state index < -0.39 is 16.0 Å². The first kappa shape index (κ1) is 15.8. The van der Waals surface area contributed by atoms with Crippen LogP contribution in [0.3, 0.4) is 0 Å². The van der Waals surface area contributed by atoms with Gasteiger partial charge >= 0.3 is 5.97 Å². The first-order chi connectivity index (χ1) is 9.94. The van der Waals surface area contributed by atoms with E-state index in [1.807, 2.05) is 0 Å². The first-order valence-electron chi connectivity index (χ1n) is 5.97. The summed E-state index contributed by atoms with van der Waals surface area (Å²) in [6.45, 7) is 1.93. The van der Waals surface area contributed by atoms with Gasteiger partial charge in [0.2, 0.25) is 0 Å². The second kappa shape index (κ2) is 6.46. The highest BCUT2D eigenvalue weighted by Gasteiger charge is 2.17. The molecule has 2 rings (SSSR count). The average Bonchev–Trinajstić information content (AvgIpc) is 2.93. The molecule has 1 N–H and O–H groups in total. The Balaban J connectivity index is 2.23. The van der Waals surface area contributed by atoms with Crippen LogP contribution in [0.4, 0.5) is 5.69 Å². The zero-order chi connectivity index (χ0) is 15.5. The Kier molecular flexibility index (Phi) is 4.87. The predicted molar refractivity (Wildman–Crippen MR) is 82.5 cm³/mol. The molecule has 0 atom stereocenters. The Morgan fingerprint density at radius 2 is 2.14 bits per heavy atom. The number of sulfonamides is 1. The van der Waals surface area contributed by atoms with E-state index in [1.165, 1.54) is 24.3 Å². The monoisotopic (exact) mass is 345 g/mol. The maximum Gasteiger partial charge on any atom is 0.339 e. The second-order valence-electron chi connectivity index (χ2n) is 3.95. The number of halogens is 1. The van der Waals surface area contributed by atoms with Crippen LogP contribution in [0, 0.1) is 0 Å². The van der Waals surface area contributed by atoms with Gasteiger partial charge in [0, 0.05) is 0 Å². The largest absolute Gasteiger partial charge is 0.462 e. The summed E-state index contributed by atoms with van der Waals surface area (Å²) in [4.78, 5) is 11.6. The fourth-order valence-corrected chi connectivity index (χ4v) is 3.87. The van der Waals surface area contributed by atoms with E-state index in [0.717, 1.165) is 11.3 Å². The molecule has 2 aromatic rings. The molecule has 1 heterocycles. The van der Waals surface area contributed by atoms with Crippen LogP contribution in [0.5, 0.6) is 0 Å². The molecule has 1 aromatic carbocycles. The van der Waals surface area contributed by atoms with Gasteiger partial charge in [-0.2, -0.15) is 0 Å². The third kappa shape index (κ3) is 3.75. The minimum atomic E-state index is -3.64. The van der Waals surface area contributed by atoms with E-state index in [0.29, 0.717) is 0 Å². The molecule has 0 aliphatic carbocycles. The summed E-state index contributed by atoms with van der Waals surface area (Å²) in [5.74, 6) is -0.546. The highest BCUT2D eigenvalue weighted by molar-refractivity contribution is 7.94. The Labute approximate surface area is 131 Å². The zero-order valence-electron chi connectivity index (χ0n) is 11.0. The highest BCUT2D eigenvalue weighted by Crippen LogP contribution is 2.25. The van der Waals surface area contributed by atoms with E-state index in [2.05, 4.69) is 4.72 Å². The minimum absolute atomic E-state index is 0.125. The lowest BCUT2D eigenvalue weighted by Gasteiger charge is -2.09. The standard InChI is InChI=1S/C13H12ClNO4S2/c1-2-19-13(16)10-6-5-9(8-11(10)14)15-21(17,18)12-4-3-7-20-12/h3-8,15H,2H2,1H3. The van der Waals surface area contributed by atoms with Crippen LogP contribution >= 0.6 is 22.9 Å². The van der Waals surface area contributed by atoms with Crippen molar-refractivity contribution < 1.29 is 17.9 Å². The van der Waals surface area contributed by atoms with E-state index in [1.54, 1.807) is 18.4 Å². The fourth-order valence-electron chi connectivity index (χ4n) is 1.57. The maximum atomic E-state index is 12.1. The van der Waals surface area contributed by atoms with Crippen molar-refractivity contribution >= 4 is 44.6 Å². The van der Waals surface area contributed by atoms with Crippen molar-refractivity contribution in [3.8, 4) is 0 Å². The molecule has 112 valence electrons. The molecule has 8 heteroatoms. The molecule has 0 saturated heterocycles. The lowest BCUT2D eigenvalue weighted by molar-refractivity contribution is 0.0526. The van der Waals surface area contributed by atoms with Crippen molar-refractivity contribution in [1.29, 1.82) is 0 Å². The zero-order valence-corrected chi connectivity index (χ0v) is 13.4. The van der Waals surface area contributed by atoms with Gasteiger partial charge in [-0.3, -0.25) is 4.72 Å². The van der Waals surface area contributed by atoms with Crippen LogP contribution in [0.15, 0.2) is 39.9 Å². The quantitative estimate of drug-likeness (QED) is 0.843. The van der Waals surface area contributed by atoms with Crippen molar-refractivity contribution in [3.05, 3.63) is 46.3 Å². The van der Waals surface area contributed by atoms with E-state index >= 15 is 0 Å². The van der Waals surface area contributed by atoms with Crippen molar-refractivity contribution in [3.63, 3.8) is 0 Å². The van der Waals surface area contributed by atoms with Gasteiger partial charge < -0.3 is 4.74 Å². The smallest absolute Gasteiger partial charge is 0.339 e. The minimum Gasteiger partial charge on any atom is -0.462 e. The van der Waals surface area contributed by atoms with E-state index in [9.17, 15) is 13.2 Å². The molecule has 21 heavy (non-hydrogen) atoms. The number of thiophene rings is 1. The summed E-state index contributed by atoms with van der Waals surface area (Å²) in [5.41, 5.74) is 0.471. The Bertz CT molecular complexity index is 742. The number of anilines is 1. The number of benzene rings is 1. The van der Waals surface area contributed by atoms with Crippen LogP contribution in [0.1, 0.15) is 17.3 Å². The predicted octanol–water partition coefficient (Wildman–Crippen LogP) is 3.38. The number of nitrogens with one attached hydrogen (secondary N) is 1. The maximum absolute atomic E-state index is 12.1. The second-order valence-corrected chi connectivity index (χ2v) is 7.22. The Morgan fingerprint density at radius 3 is 2.71 bits per heavy atom. The third-order valence-electron chi connectivity index (χ3n) is 2.48. The van der Waals surface area contributed by atoms with Crippen LogP contribution in [0.2, 0.25) is 5.02 Å². The molecule has 0 fully saturated rings. The highest BCUT2D eigenvalue weighted by atomic mass is 35.5. The van der Waals surface area contributed by atoms with Gasteiger partial charge in [-0.05, 0) is 36.6 Å². The molecule has 5 nitrogen and oxygen atoms in total. The molecular formula is C13H12ClNO4S2. The summed E-state index contributed by atoms with van der Waals surface area (Å²) in [5, 5.41) is 1.80. The lowest BCUT2D eigenvalue weighted by Crippen LogP contribution is -2.12. The molecular weight excluding hydrogens is 334 g/mol. The van der Waals surface area contributed by atoms with Gasteiger partial charge in [-0.1, -0.05) is 17.7 Å². The van der Waals surface area contributed by atoms with Crippen LogP contribution < -0.4 is 4.72 Å². The SMILES string of the molecule is CCOC(=O)c1ccc(NS(=O)(=O)c2cccs2)cc1Cl. The van der Waals surface area contributed by atoms with Gasteiger partial charge in [0.05, 0.1) is 22.9 Å². The average molecular weight is 346 g/mol. The molecule has 1 aromatic heterocycles. The molecule has 0 saturated carbocycles. The van der Waals surface area contributed by atoms with Crippen LogP contribution in [-0.2, 0) is 14.8 Å². The summed E-state index contributed by atoms with van der Waals surface area (Å²) in [6.07, 6.45) is 0. The topological polar surface area (TPSA) is 72.5 Å². The third-order valence-corrected chi connectivity index (χ3v) is 5.57. The summed E-state index contributed by atoms with van der Waals surface area (Å²) in [6, 6.07) is 7.41. The van der Waals surface area contributed by atoms with Crippen molar-refractivity contribution in [1.82, 2.24) is 0 Å². The number of carbonyl (C=O) groups is 1. The fraction of sp³-hybridized carbons (Fsp3) is 0.154. The van der Waals surface area contributed by atoms with E-state index in [-0.39, 0.29) is 27.1 Å². The Morgan fingerprint density at radius 1 is 1.38 bits per heavy atom. The Hall–Kier alpha value is -1.57. The summed E-state index contributed by atoms with van der Waals surface area (Å²) >= 11 is 7.09. The van der Waals surface area contributed by atoms with Crippen LogP contribution in [-0.4, -0.2) is 21.0 Å². The molecule has 0 aliphatic rings. The van der Waals surface area contributed by atoms with Gasteiger partial charge in [0.15, 0.2) is 0 Å².